The summed E-state index contributed by atoms with van der Waals surface area (Å²) in [7, 11) is 0. The molecule has 0 spiro atoms. The predicted molar refractivity (Wildman–Crippen MR) is 73.1 cm³/mol. The summed E-state index contributed by atoms with van der Waals surface area (Å²) < 4.78 is 13.2. The smallest absolute Gasteiger partial charge is 0.337 e. The lowest BCUT2D eigenvalue weighted by atomic mass is 9.80. The first kappa shape index (κ1) is 13.8. The van der Waals surface area contributed by atoms with Gasteiger partial charge in [-0.25, -0.2) is 9.18 Å². The molecule has 1 aliphatic heterocycles. The lowest BCUT2D eigenvalue weighted by Gasteiger charge is -2.28. The molecule has 3 nitrogen and oxygen atoms in total. The fourth-order valence-corrected chi connectivity index (χ4v) is 2.64. The second-order valence-electron chi connectivity index (χ2n) is 6.26. The van der Waals surface area contributed by atoms with Crippen LogP contribution in [0, 0.1) is 17.2 Å². The average Bonchev–Trinajstić information content (AvgIpc) is 2.77. The number of carboxylic acids is 1. The fraction of sp³-hybridized carbons (Fsp3) is 0.533. The van der Waals surface area contributed by atoms with Crippen molar-refractivity contribution < 1.29 is 14.3 Å². The summed E-state index contributed by atoms with van der Waals surface area (Å²) in [5.41, 5.74) is 0.883. The number of halogens is 1. The Bertz CT molecular complexity index is 493. The molecule has 1 N–H and O–H groups in total. The molecule has 1 saturated heterocycles. The van der Waals surface area contributed by atoms with E-state index >= 15 is 0 Å². The molecular weight excluding hydrogens is 245 g/mol. The lowest BCUT2D eigenvalue weighted by molar-refractivity contribution is 0.0697. The summed E-state index contributed by atoms with van der Waals surface area (Å²) in [6, 6.07) is 4.00. The third-order valence-electron chi connectivity index (χ3n) is 3.94. The van der Waals surface area contributed by atoms with Crippen molar-refractivity contribution in [3.05, 3.63) is 29.6 Å². The first-order valence-corrected chi connectivity index (χ1v) is 6.57. The highest BCUT2D eigenvalue weighted by Gasteiger charge is 2.33. The van der Waals surface area contributed by atoms with Crippen LogP contribution in [0.25, 0.3) is 0 Å². The average molecular weight is 265 g/mol. The van der Waals surface area contributed by atoms with Crippen LogP contribution in [0.2, 0.25) is 0 Å². The highest BCUT2D eigenvalue weighted by Crippen LogP contribution is 2.36. The quantitative estimate of drug-likeness (QED) is 0.891. The Morgan fingerprint density at radius 3 is 2.63 bits per heavy atom. The molecule has 2 rings (SSSR count). The molecule has 0 saturated carbocycles. The van der Waals surface area contributed by atoms with Crippen molar-refractivity contribution in [1.82, 2.24) is 0 Å². The number of benzene rings is 1. The Morgan fingerprint density at radius 2 is 2.11 bits per heavy atom. The first-order valence-electron chi connectivity index (χ1n) is 6.57. The number of nitrogens with zero attached hydrogens (tertiary/aromatic N) is 1. The molecule has 104 valence electrons. The van der Waals surface area contributed by atoms with Crippen molar-refractivity contribution in [1.29, 1.82) is 0 Å². The maximum absolute atomic E-state index is 13.2. The van der Waals surface area contributed by atoms with Gasteiger partial charge in [0.1, 0.15) is 5.82 Å². The van der Waals surface area contributed by atoms with Crippen LogP contribution in [-0.2, 0) is 0 Å². The Kier molecular flexibility index (Phi) is 3.52. The predicted octanol–water partition coefficient (Wildman–Crippen LogP) is 3.40. The summed E-state index contributed by atoms with van der Waals surface area (Å²) in [6.07, 6.45) is 1.04. The Hall–Kier alpha value is -1.58. The van der Waals surface area contributed by atoms with Gasteiger partial charge in [0.05, 0.1) is 11.3 Å². The van der Waals surface area contributed by atoms with Crippen LogP contribution in [0.3, 0.4) is 0 Å². The van der Waals surface area contributed by atoms with Gasteiger partial charge in [0.25, 0.3) is 0 Å². The molecule has 0 aliphatic carbocycles. The van der Waals surface area contributed by atoms with Crippen molar-refractivity contribution >= 4 is 11.7 Å². The van der Waals surface area contributed by atoms with Crippen LogP contribution in [0.1, 0.15) is 37.6 Å². The monoisotopic (exact) mass is 265 g/mol. The fourth-order valence-electron chi connectivity index (χ4n) is 2.64. The molecule has 0 aromatic heterocycles. The van der Waals surface area contributed by atoms with Crippen LogP contribution in [0.4, 0.5) is 10.1 Å². The van der Waals surface area contributed by atoms with Gasteiger partial charge in [-0.05, 0) is 36.0 Å². The minimum atomic E-state index is -1.08. The zero-order chi connectivity index (χ0) is 14.2. The number of rotatable bonds is 2. The normalized spacial score (nSPS) is 19.8. The molecule has 0 radical (unpaired) electrons. The molecule has 1 aromatic carbocycles. The van der Waals surface area contributed by atoms with E-state index in [1.54, 1.807) is 6.07 Å². The van der Waals surface area contributed by atoms with Crippen molar-refractivity contribution in [2.45, 2.75) is 27.2 Å². The molecule has 4 heteroatoms. The topological polar surface area (TPSA) is 40.5 Å². The third kappa shape index (κ3) is 2.88. The van der Waals surface area contributed by atoms with Crippen molar-refractivity contribution in [3.8, 4) is 0 Å². The highest BCUT2D eigenvalue weighted by molar-refractivity contribution is 5.94. The standard InChI is InChI=1S/C15H20FNO2/c1-15(2,3)10-6-7-17(9-10)13-5-4-11(16)8-12(13)14(18)19/h4-5,8,10H,6-7,9H2,1-3H3,(H,18,19). The summed E-state index contributed by atoms with van der Waals surface area (Å²) in [6.45, 7) is 8.25. The van der Waals surface area contributed by atoms with Gasteiger partial charge in [0.2, 0.25) is 0 Å². The molecule has 1 fully saturated rings. The highest BCUT2D eigenvalue weighted by atomic mass is 19.1. The van der Waals surface area contributed by atoms with E-state index in [0.29, 0.717) is 11.6 Å². The van der Waals surface area contributed by atoms with Crippen molar-refractivity contribution in [2.24, 2.45) is 11.3 Å². The van der Waals surface area contributed by atoms with Crippen LogP contribution < -0.4 is 4.90 Å². The molecule has 1 aliphatic rings. The molecule has 0 amide bonds. The van der Waals surface area contributed by atoms with E-state index in [4.69, 9.17) is 0 Å². The molecule has 1 heterocycles. The van der Waals surface area contributed by atoms with E-state index in [-0.39, 0.29) is 11.0 Å². The molecule has 1 aromatic rings. The van der Waals surface area contributed by atoms with E-state index < -0.39 is 11.8 Å². The zero-order valence-electron chi connectivity index (χ0n) is 11.6. The van der Waals surface area contributed by atoms with Crippen molar-refractivity contribution in [2.75, 3.05) is 18.0 Å². The second-order valence-corrected chi connectivity index (χ2v) is 6.26. The summed E-state index contributed by atoms with van der Waals surface area (Å²) in [5.74, 6) is -1.05. The molecule has 1 unspecified atom stereocenters. The Labute approximate surface area is 113 Å². The van der Waals surface area contributed by atoms with Crippen LogP contribution in [0.15, 0.2) is 18.2 Å². The van der Waals surface area contributed by atoms with E-state index in [2.05, 4.69) is 25.7 Å². The number of aromatic carboxylic acids is 1. The third-order valence-corrected chi connectivity index (χ3v) is 3.94. The van der Waals surface area contributed by atoms with E-state index in [9.17, 15) is 14.3 Å². The Balaban J connectivity index is 2.27. The second kappa shape index (κ2) is 4.83. The van der Waals surface area contributed by atoms with Crippen LogP contribution >= 0.6 is 0 Å². The van der Waals surface area contributed by atoms with Crippen LogP contribution in [-0.4, -0.2) is 24.2 Å². The molecule has 0 bridgehead atoms. The summed E-state index contributed by atoms with van der Waals surface area (Å²) in [4.78, 5) is 13.3. The number of carboxylic acid groups (broad SMARTS) is 1. The summed E-state index contributed by atoms with van der Waals surface area (Å²) >= 11 is 0. The maximum atomic E-state index is 13.2. The number of carbonyl (C=O) groups is 1. The maximum Gasteiger partial charge on any atom is 0.337 e. The molecular formula is C15H20FNO2. The Morgan fingerprint density at radius 1 is 1.42 bits per heavy atom. The van der Waals surface area contributed by atoms with Gasteiger partial charge in [0, 0.05) is 13.1 Å². The van der Waals surface area contributed by atoms with E-state index in [1.165, 1.54) is 6.07 Å². The van der Waals surface area contributed by atoms with Gasteiger partial charge in [0.15, 0.2) is 0 Å². The van der Waals surface area contributed by atoms with Gasteiger partial charge in [-0.2, -0.15) is 0 Å². The van der Waals surface area contributed by atoms with Crippen molar-refractivity contribution in [3.63, 3.8) is 0 Å². The molecule has 19 heavy (non-hydrogen) atoms. The van der Waals surface area contributed by atoms with Gasteiger partial charge < -0.3 is 10.0 Å². The zero-order valence-corrected chi connectivity index (χ0v) is 11.6. The summed E-state index contributed by atoms with van der Waals surface area (Å²) in [5, 5.41) is 9.18. The van der Waals surface area contributed by atoms with Gasteiger partial charge in [-0.1, -0.05) is 20.8 Å². The van der Waals surface area contributed by atoms with Gasteiger partial charge >= 0.3 is 5.97 Å². The largest absolute Gasteiger partial charge is 0.478 e. The minimum absolute atomic E-state index is 0.0505. The van der Waals surface area contributed by atoms with E-state index in [1.807, 2.05) is 0 Å². The number of hydrogen-bond donors (Lipinski definition) is 1. The first-order chi connectivity index (χ1) is 8.79. The van der Waals surface area contributed by atoms with E-state index in [0.717, 1.165) is 25.6 Å². The van der Waals surface area contributed by atoms with Gasteiger partial charge in [-0.3, -0.25) is 0 Å². The van der Waals surface area contributed by atoms with Gasteiger partial charge in [-0.15, -0.1) is 0 Å². The van der Waals surface area contributed by atoms with Crippen LogP contribution in [0.5, 0.6) is 0 Å². The molecule has 1 atom stereocenters. The lowest BCUT2D eigenvalue weighted by Crippen LogP contribution is -2.27. The number of anilines is 1. The number of hydrogen-bond acceptors (Lipinski definition) is 2. The minimum Gasteiger partial charge on any atom is -0.478 e. The SMILES string of the molecule is CC(C)(C)C1CCN(c2ccc(F)cc2C(=O)O)C1.